The molecule has 0 spiro atoms. The summed E-state index contributed by atoms with van der Waals surface area (Å²) in [6.07, 6.45) is 2.32. The summed E-state index contributed by atoms with van der Waals surface area (Å²) in [5.41, 5.74) is 6.71. The van der Waals surface area contributed by atoms with Gasteiger partial charge in [0.1, 0.15) is 0 Å². The molecule has 0 aliphatic carbocycles. The Labute approximate surface area is 118 Å². The van der Waals surface area contributed by atoms with E-state index in [1.165, 1.54) is 6.20 Å². The monoisotopic (exact) mass is 281 g/mol. The molecule has 4 N–H and O–H groups in total. The Hall–Kier alpha value is -1.89. The maximum absolute atomic E-state index is 12.0. The minimum Gasteiger partial charge on any atom is -0.352 e. The first-order valence-corrected chi connectivity index (χ1v) is 6.75. The van der Waals surface area contributed by atoms with Crippen LogP contribution in [0.2, 0.25) is 0 Å². The number of carbonyl (C=O) groups is 2. The third-order valence-electron chi connectivity index (χ3n) is 2.78. The molecule has 0 radical (unpaired) electrons. The van der Waals surface area contributed by atoms with Crippen molar-refractivity contribution in [2.45, 2.75) is 39.8 Å². The Morgan fingerprint density at radius 2 is 2.15 bits per heavy atom. The molecule has 20 heavy (non-hydrogen) atoms. The number of nitrogens with zero attached hydrogens (tertiary/aromatic N) is 2. The van der Waals surface area contributed by atoms with Crippen molar-refractivity contribution < 1.29 is 9.59 Å². The number of aromatic nitrogens is 2. The van der Waals surface area contributed by atoms with Gasteiger partial charge in [-0.15, -0.1) is 0 Å². The van der Waals surface area contributed by atoms with Crippen LogP contribution in [-0.2, 0) is 11.3 Å². The van der Waals surface area contributed by atoms with Gasteiger partial charge in [-0.05, 0) is 33.7 Å². The van der Waals surface area contributed by atoms with E-state index < -0.39 is 0 Å². The standard InChI is InChI=1S/C13H23N5O2/c1-9(2)17-12(19)8-15-13(20)11-7-16-18(10(11)3)6-4-5-14/h7,9H,4-6,8,14H2,1-3H3,(H,15,20)(H,17,19). The number of nitrogens with two attached hydrogens (primary N) is 1. The zero-order chi connectivity index (χ0) is 15.1. The van der Waals surface area contributed by atoms with Crippen LogP contribution >= 0.6 is 0 Å². The molecule has 0 aliphatic rings. The van der Waals surface area contributed by atoms with E-state index in [0.717, 1.165) is 12.1 Å². The summed E-state index contributed by atoms with van der Waals surface area (Å²) < 4.78 is 1.75. The van der Waals surface area contributed by atoms with E-state index in [2.05, 4.69) is 15.7 Å². The van der Waals surface area contributed by atoms with Gasteiger partial charge < -0.3 is 16.4 Å². The van der Waals surface area contributed by atoms with E-state index in [1.54, 1.807) is 4.68 Å². The smallest absolute Gasteiger partial charge is 0.255 e. The highest BCUT2D eigenvalue weighted by molar-refractivity contribution is 5.97. The van der Waals surface area contributed by atoms with E-state index in [-0.39, 0.29) is 24.4 Å². The zero-order valence-electron chi connectivity index (χ0n) is 12.3. The number of hydrogen-bond acceptors (Lipinski definition) is 4. The summed E-state index contributed by atoms with van der Waals surface area (Å²) in [6, 6.07) is 0.0557. The zero-order valence-corrected chi connectivity index (χ0v) is 12.3. The number of aryl methyl sites for hydroxylation is 1. The molecular formula is C13H23N5O2. The van der Waals surface area contributed by atoms with E-state index in [0.29, 0.717) is 18.7 Å². The Bertz CT molecular complexity index is 467. The fraction of sp³-hybridized carbons (Fsp3) is 0.615. The van der Waals surface area contributed by atoms with Crippen molar-refractivity contribution in [3.05, 3.63) is 17.5 Å². The Morgan fingerprint density at radius 3 is 2.75 bits per heavy atom. The van der Waals surface area contributed by atoms with Gasteiger partial charge in [-0.25, -0.2) is 0 Å². The van der Waals surface area contributed by atoms with E-state index in [9.17, 15) is 9.59 Å². The van der Waals surface area contributed by atoms with Gasteiger partial charge in [0, 0.05) is 18.3 Å². The largest absolute Gasteiger partial charge is 0.352 e. The van der Waals surface area contributed by atoms with Crippen LogP contribution in [0.4, 0.5) is 0 Å². The van der Waals surface area contributed by atoms with Crippen LogP contribution in [0.25, 0.3) is 0 Å². The highest BCUT2D eigenvalue weighted by Crippen LogP contribution is 2.07. The first-order chi connectivity index (χ1) is 9.45. The predicted molar refractivity (Wildman–Crippen MR) is 76.2 cm³/mol. The second-order valence-electron chi connectivity index (χ2n) is 4.91. The minimum absolute atomic E-state index is 0.0373. The van der Waals surface area contributed by atoms with Crippen LogP contribution in [0.3, 0.4) is 0 Å². The summed E-state index contributed by atoms with van der Waals surface area (Å²) in [6.45, 7) is 6.79. The van der Waals surface area contributed by atoms with Gasteiger partial charge in [0.25, 0.3) is 5.91 Å². The van der Waals surface area contributed by atoms with Crippen molar-refractivity contribution in [3.8, 4) is 0 Å². The van der Waals surface area contributed by atoms with Crippen LogP contribution in [0.15, 0.2) is 6.20 Å². The first-order valence-electron chi connectivity index (χ1n) is 6.75. The van der Waals surface area contributed by atoms with Crippen LogP contribution in [0.5, 0.6) is 0 Å². The molecule has 112 valence electrons. The van der Waals surface area contributed by atoms with Crippen molar-refractivity contribution >= 4 is 11.8 Å². The molecule has 0 aliphatic heterocycles. The van der Waals surface area contributed by atoms with Crippen LogP contribution < -0.4 is 16.4 Å². The topological polar surface area (TPSA) is 102 Å². The van der Waals surface area contributed by atoms with Gasteiger partial charge in [0.15, 0.2) is 0 Å². The molecule has 0 fully saturated rings. The second kappa shape index (κ2) is 7.64. The molecule has 0 aromatic carbocycles. The van der Waals surface area contributed by atoms with Crippen molar-refractivity contribution in [3.63, 3.8) is 0 Å². The molecule has 1 heterocycles. The van der Waals surface area contributed by atoms with Gasteiger partial charge in [-0.3, -0.25) is 14.3 Å². The molecule has 1 rings (SSSR count). The molecule has 0 saturated carbocycles. The maximum Gasteiger partial charge on any atom is 0.255 e. The van der Waals surface area contributed by atoms with Crippen molar-refractivity contribution in [2.75, 3.05) is 13.1 Å². The van der Waals surface area contributed by atoms with Crippen LogP contribution in [0, 0.1) is 6.92 Å². The van der Waals surface area contributed by atoms with Crippen LogP contribution in [-0.4, -0.2) is 40.7 Å². The van der Waals surface area contributed by atoms with E-state index in [4.69, 9.17) is 5.73 Å². The predicted octanol–water partition coefficient (Wildman–Crippen LogP) is -0.205. The lowest BCUT2D eigenvalue weighted by Crippen LogP contribution is -2.39. The third kappa shape index (κ3) is 4.65. The molecule has 7 heteroatoms. The average molecular weight is 281 g/mol. The summed E-state index contributed by atoms with van der Waals surface area (Å²) in [5, 5.41) is 9.44. The van der Waals surface area contributed by atoms with E-state index >= 15 is 0 Å². The van der Waals surface area contributed by atoms with Gasteiger partial charge >= 0.3 is 0 Å². The summed E-state index contributed by atoms with van der Waals surface area (Å²) in [5.74, 6) is -0.498. The average Bonchev–Trinajstić information content (AvgIpc) is 2.74. The third-order valence-corrected chi connectivity index (χ3v) is 2.78. The number of carbonyl (C=O) groups excluding carboxylic acids is 2. The lowest BCUT2D eigenvalue weighted by molar-refractivity contribution is -0.120. The fourth-order valence-corrected chi connectivity index (χ4v) is 1.76. The molecule has 1 aromatic rings. The number of rotatable bonds is 7. The lowest BCUT2D eigenvalue weighted by Gasteiger charge is -2.09. The number of amides is 2. The molecule has 0 unspecified atom stereocenters. The summed E-state index contributed by atoms with van der Waals surface area (Å²) >= 11 is 0. The summed E-state index contributed by atoms with van der Waals surface area (Å²) in [4.78, 5) is 23.4. The quantitative estimate of drug-likeness (QED) is 0.644. The van der Waals surface area contributed by atoms with Crippen molar-refractivity contribution in [1.29, 1.82) is 0 Å². The number of nitrogens with one attached hydrogen (secondary N) is 2. The Kier molecular flexibility index (Phi) is 6.17. The highest BCUT2D eigenvalue weighted by atomic mass is 16.2. The summed E-state index contributed by atoms with van der Waals surface area (Å²) in [7, 11) is 0. The Balaban J connectivity index is 2.55. The normalized spacial score (nSPS) is 10.7. The van der Waals surface area contributed by atoms with Gasteiger partial charge in [-0.1, -0.05) is 0 Å². The minimum atomic E-state index is -0.291. The maximum atomic E-state index is 12.0. The van der Waals surface area contributed by atoms with Gasteiger partial charge in [0.2, 0.25) is 5.91 Å². The van der Waals surface area contributed by atoms with Gasteiger partial charge in [0.05, 0.1) is 18.3 Å². The molecule has 0 atom stereocenters. The SMILES string of the molecule is Cc1c(C(=O)NCC(=O)NC(C)C)cnn1CCCN. The lowest BCUT2D eigenvalue weighted by atomic mass is 10.2. The Morgan fingerprint density at radius 1 is 1.45 bits per heavy atom. The highest BCUT2D eigenvalue weighted by Gasteiger charge is 2.14. The first kappa shape index (κ1) is 16.2. The fourth-order valence-electron chi connectivity index (χ4n) is 1.76. The van der Waals surface area contributed by atoms with E-state index in [1.807, 2.05) is 20.8 Å². The second-order valence-corrected chi connectivity index (χ2v) is 4.91. The van der Waals surface area contributed by atoms with Crippen molar-refractivity contribution in [2.24, 2.45) is 5.73 Å². The van der Waals surface area contributed by atoms with Gasteiger partial charge in [-0.2, -0.15) is 5.10 Å². The number of hydrogen-bond donors (Lipinski definition) is 3. The van der Waals surface area contributed by atoms with Crippen LogP contribution in [0.1, 0.15) is 36.3 Å². The molecular weight excluding hydrogens is 258 g/mol. The molecule has 0 saturated heterocycles. The molecule has 7 nitrogen and oxygen atoms in total. The van der Waals surface area contributed by atoms with Crippen molar-refractivity contribution in [1.82, 2.24) is 20.4 Å². The molecule has 2 amide bonds. The molecule has 1 aromatic heterocycles. The molecule has 0 bridgehead atoms.